The van der Waals surface area contributed by atoms with Crippen molar-refractivity contribution >= 4 is 21.7 Å². The van der Waals surface area contributed by atoms with Gasteiger partial charge in [0.1, 0.15) is 0 Å². The average molecular weight is 259 g/mol. The van der Waals surface area contributed by atoms with Crippen LogP contribution in [0.25, 0.3) is 0 Å². The Labute approximate surface area is 90.6 Å². The molecule has 76 valence electrons. The Hall–Kier alpha value is -0.190. The summed E-state index contributed by atoms with van der Waals surface area (Å²) in [5, 5.41) is 0. The standard InChI is InChI=1S/C10H11BrO3/c11-10-4-2-1-3-6(10)7-5-13-9(14-7)8(10)12/h1-2,6-7,9H,3-5H2/t6-,7-,9-,10+/m1/s1. The first-order chi connectivity index (χ1) is 6.72. The first-order valence-corrected chi connectivity index (χ1v) is 5.66. The maximum absolute atomic E-state index is 12.0. The Kier molecular flexibility index (Phi) is 1.88. The van der Waals surface area contributed by atoms with E-state index < -0.39 is 10.6 Å². The number of carbonyl (C=O) groups excluding carboxylic acids is 1. The van der Waals surface area contributed by atoms with Gasteiger partial charge in [0.25, 0.3) is 0 Å². The number of halogens is 1. The van der Waals surface area contributed by atoms with Crippen molar-refractivity contribution in [2.45, 2.75) is 29.6 Å². The molecule has 0 spiro atoms. The number of carbonyl (C=O) groups is 1. The molecule has 3 nitrogen and oxygen atoms in total. The number of ether oxygens (including phenoxy) is 2. The highest BCUT2D eigenvalue weighted by Gasteiger charge is 2.57. The van der Waals surface area contributed by atoms with E-state index in [-0.39, 0.29) is 17.8 Å². The summed E-state index contributed by atoms with van der Waals surface area (Å²) >= 11 is 3.60. The number of Topliss-reactive ketones (excluding diaryl/α,β-unsaturated/α-hetero) is 1. The van der Waals surface area contributed by atoms with Crippen molar-refractivity contribution in [1.29, 1.82) is 0 Å². The molecule has 2 saturated heterocycles. The van der Waals surface area contributed by atoms with Crippen molar-refractivity contribution in [1.82, 2.24) is 0 Å². The molecule has 0 aromatic heterocycles. The van der Waals surface area contributed by atoms with E-state index in [1.165, 1.54) is 0 Å². The van der Waals surface area contributed by atoms with Gasteiger partial charge in [-0.3, -0.25) is 4.79 Å². The van der Waals surface area contributed by atoms with E-state index >= 15 is 0 Å². The Morgan fingerprint density at radius 3 is 3.21 bits per heavy atom. The molecule has 0 aromatic carbocycles. The number of alkyl halides is 1. The minimum absolute atomic E-state index is 0.0561. The molecule has 0 radical (unpaired) electrons. The third-order valence-corrected chi connectivity index (χ3v) is 4.64. The molecule has 2 aliphatic heterocycles. The second-order valence-corrected chi connectivity index (χ2v) is 5.50. The zero-order chi connectivity index (χ0) is 9.76. The van der Waals surface area contributed by atoms with Crippen LogP contribution in [-0.4, -0.2) is 29.1 Å². The van der Waals surface area contributed by atoms with Crippen molar-refractivity contribution in [2.75, 3.05) is 6.61 Å². The number of allylic oxidation sites excluding steroid dienone is 2. The Morgan fingerprint density at radius 2 is 2.36 bits per heavy atom. The van der Waals surface area contributed by atoms with Gasteiger partial charge in [0.15, 0.2) is 0 Å². The first-order valence-electron chi connectivity index (χ1n) is 4.87. The summed E-state index contributed by atoms with van der Waals surface area (Å²) in [5.74, 6) is 0.291. The Morgan fingerprint density at radius 1 is 1.50 bits per heavy atom. The normalized spacial score (nSPS) is 50.6. The average Bonchev–Trinajstić information content (AvgIpc) is 2.62. The molecule has 3 rings (SSSR count). The van der Waals surface area contributed by atoms with Crippen LogP contribution in [0.3, 0.4) is 0 Å². The molecule has 1 aliphatic carbocycles. The van der Waals surface area contributed by atoms with E-state index in [0.29, 0.717) is 6.61 Å². The van der Waals surface area contributed by atoms with Crippen molar-refractivity contribution in [3.63, 3.8) is 0 Å². The van der Waals surface area contributed by atoms with Gasteiger partial charge in [0.2, 0.25) is 12.1 Å². The number of ketones is 1. The van der Waals surface area contributed by atoms with Crippen molar-refractivity contribution in [3.8, 4) is 0 Å². The summed E-state index contributed by atoms with van der Waals surface area (Å²) in [4.78, 5) is 12.0. The minimum Gasteiger partial charge on any atom is -0.343 e. The van der Waals surface area contributed by atoms with E-state index in [0.717, 1.165) is 12.8 Å². The molecule has 14 heavy (non-hydrogen) atoms. The maximum Gasteiger partial charge on any atom is 0.219 e. The molecule has 4 atom stereocenters. The minimum atomic E-state index is -0.623. The highest BCUT2D eigenvalue weighted by molar-refractivity contribution is 9.10. The molecule has 0 aromatic rings. The fraction of sp³-hybridized carbons (Fsp3) is 0.700. The topological polar surface area (TPSA) is 35.5 Å². The summed E-state index contributed by atoms with van der Waals surface area (Å²) < 4.78 is 10.4. The second-order valence-electron chi connectivity index (χ2n) is 4.08. The van der Waals surface area contributed by atoms with Gasteiger partial charge in [-0.25, -0.2) is 0 Å². The number of fused-ring (bicyclic) bond motifs is 4. The third-order valence-electron chi connectivity index (χ3n) is 3.34. The zero-order valence-corrected chi connectivity index (χ0v) is 9.20. The fourth-order valence-corrected chi connectivity index (χ4v) is 3.39. The van der Waals surface area contributed by atoms with Gasteiger partial charge in [-0.2, -0.15) is 0 Å². The molecule has 4 heteroatoms. The van der Waals surface area contributed by atoms with Crippen LogP contribution in [0.4, 0.5) is 0 Å². The summed E-state index contributed by atoms with van der Waals surface area (Å²) in [7, 11) is 0. The van der Waals surface area contributed by atoms with Crippen LogP contribution >= 0.6 is 15.9 Å². The van der Waals surface area contributed by atoms with Gasteiger partial charge in [-0.1, -0.05) is 28.1 Å². The van der Waals surface area contributed by atoms with Gasteiger partial charge in [-0.15, -0.1) is 0 Å². The molecule has 0 unspecified atom stereocenters. The molecule has 2 fully saturated rings. The number of hydrogen-bond acceptors (Lipinski definition) is 3. The molecule has 0 N–H and O–H groups in total. The van der Waals surface area contributed by atoms with Gasteiger partial charge in [0, 0.05) is 5.92 Å². The van der Waals surface area contributed by atoms with E-state index in [1.807, 2.05) is 0 Å². The smallest absolute Gasteiger partial charge is 0.219 e. The molecular formula is C10H11BrO3. The molecule has 0 amide bonds. The predicted molar refractivity (Wildman–Crippen MR) is 53.1 cm³/mol. The fourth-order valence-electron chi connectivity index (χ4n) is 2.53. The van der Waals surface area contributed by atoms with E-state index in [9.17, 15) is 4.79 Å². The van der Waals surface area contributed by atoms with E-state index in [2.05, 4.69) is 28.1 Å². The maximum atomic E-state index is 12.0. The summed E-state index contributed by atoms with van der Waals surface area (Å²) in [6, 6.07) is 0. The van der Waals surface area contributed by atoms with Crippen LogP contribution in [0.5, 0.6) is 0 Å². The SMILES string of the molecule is O=C1[C@@H]2OC[C@@H](O2)[C@H]2CC=CC[C@@]12Br. The predicted octanol–water partition coefficient (Wildman–Crippen LogP) is 1.41. The number of rotatable bonds is 0. The lowest BCUT2D eigenvalue weighted by molar-refractivity contribution is -0.161. The highest BCUT2D eigenvalue weighted by Crippen LogP contribution is 2.48. The lowest BCUT2D eigenvalue weighted by atomic mass is 9.76. The molecule has 3 aliphatic rings. The third kappa shape index (κ3) is 1.02. The largest absolute Gasteiger partial charge is 0.343 e. The van der Waals surface area contributed by atoms with Crippen LogP contribution in [0.2, 0.25) is 0 Å². The van der Waals surface area contributed by atoms with Crippen LogP contribution < -0.4 is 0 Å². The Bertz CT molecular complexity index is 314. The van der Waals surface area contributed by atoms with Gasteiger partial charge >= 0.3 is 0 Å². The second kappa shape index (κ2) is 2.90. The van der Waals surface area contributed by atoms with Crippen molar-refractivity contribution in [3.05, 3.63) is 12.2 Å². The van der Waals surface area contributed by atoms with Gasteiger partial charge < -0.3 is 9.47 Å². The van der Waals surface area contributed by atoms with Gasteiger partial charge in [-0.05, 0) is 12.8 Å². The molecule has 0 saturated carbocycles. The molecule has 2 heterocycles. The van der Waals surface area contributed by atoms with E-state index in [1.54, 1.807) is 0 Å². The summed E-state index contributed by atoms with van der Waals surface area (Å²) in [6.45, 7) is 0.558. The van der Waals surface area contributed by atoms with Crippen LogP contribution in [0, 0.1) is 5.92 Å². The lowest BCUT2D eigenvalue weighted by Crippen LogP contribution is -2.54. The van der Waals surface area contributed by atoms with Crippen LogP contribution in [-0.2, 0) is 14.3 Å². The quantitative estimate of drug-likeness (QED) is 0.487. The monoisotopic (exact) mass is 258 g/mol. The van der Waals surface area contributed by atoms with Gasteiger partial charge in [0.05, 0.1) is 17.0 Å². The van der Waals surface area contributed by atoms with Crippen molar-refractivity contribution in [2.24, 2.45) is 5.92 Å². The lowest BCUT2D eigenvalue weighted by Gasteiger charge is -2.41. The van der Waals surface area contributed by atoms with Crippen LogP contribution in [0.15, 0.2) is 12.2 Å². The number of hydrogen-bond donors (Lipinski definition) is 0. The van der Waals surface area contributed by atoms with Crippen molar-refractivity contribution < 1.29 is 14.3 Å². The summed E-state index contributed by atoms with van der Waals surface area (Å²) in [5.41, 5.74) is 0. The molecule has 2 bridgehead atoms. The highest BCUT2D eigenvalue weighted by atomic mass is 79.9. The zero-order valence-electron chi connectivity index (χ0n) is 7.61. The van der Waals surface area contributed by atoms with Crippen LogP contribution in [0.1, 0.15) is 12.8 Å². The first kappa shape index (κ1) is 9.07. The van der Waals surface area contributed by atoms with E-state index in [4.69, 9.17) is 9.47 Å². The molecular weight excluding hydrogens is 248 g/mol. The summed E-state index contributed by atoms with van der Waals surface area (Å²) in [6.07, 6.45) is 5.31. The Balaban J connectivity index is 2.03.